The number of carbonyl (C=O) groups is 1. The summed E-state index contributed by atoms with van der Waals surface area (Å²) in [4.78, 5) is 24.3. The van der Waals surface area contributed by atoms with Gasteiger partial charge in [-0.3, -0.25) is 9.20 Å². The van der Waals surface area contributed by atoms with Gasteiger partial charge in [-0.15, -0.1) is 0 Å². The molecule has 0 saturated carbocycles. The lowest BCUT2D eigenvalue weighted by atomic mass is 10.0. The average Bonchev–Trinajstić information content (AvgIpc) is 3.35. The van der Waals surface area contributed by atoms with Gasteiger partial charge in [0.05, 0.1) is 22.6 Å². The van der Waals surface area contributed by atoms with Crippen LogP contribution in [-0.2, 0) is 0 Å². The van der Waals surface area contributed by atoms with E-state index in [9.17, 15) is 9.18 Å². The number of imidazole rings is 2. The lowest BCUT2D eigenvalue weighted by molar-refractivity contribution is 0.102. The van der Waals surface area contributed by atoms with Gasteiger partial charge in [0, 0.05) is 43.8 Å². The van der Waals surface area contributed by atoms with Crippen LogP contribution in [0.3, 0.4) is 0 Å². The van der Waals surface area contributed by atoms with Crippen molar-refractivity contribution in [3.63, 3.8) is 0 Å². The zero-order valence-corrected chi connectivity index (χ0v) is 19.1. The third-order valence-electron chi connectivity index (χ3n) is 6.15. The van der Waals surface area contributed by atoms with Crippen LogP contribution in [-0.4, -0.2) is 50.4 Å². The third-order valence-corrected chi connectivity index (χ3v) is 6.15. The molecule has 1 amide bonds. The minimum atomic E-state index is -0.487. The van der Waals surface area contributed by atoms with Crippen LogP contribution in [0.25, 0.3) is 11.3 Å². The van der Waals surface area contributed by atoms with E-state index in [4.69, 9.17) is 0 Å². The van der Waals surface area contributed by atoms with Crippen LogP contribution in [0.1, 0.15) is 41.5 Å². The first kappa shape index (κ1) is 21.4. The Morgan fingerprint density at radius 2 is 1.82 bits per heavy atom. The number of pyridine rings is 2. The molecule has 0 aliphatic carbocycles. The smallest absolute Gasteiger partial charge is 0.259 e. The molecule has 4 aromatic heterocycles. The van der Waals surface area contributed by atoms with Crippen molar-refractivity contribution in [2.75, 3.05) is 29.9 Å². The van der Waals surface area contributed by atoms with E-state index in [-0.39, 0.29) is 11.6 Å². The van der Waals surface area contributed by atoms with E-state index in [1.54, 1.807) is 29.8 Å². The Morgan fingerprint density at radius 3 is 2.58 bits per heavy atom. The molecule has 4 aromatic rings. The molecule has 9 heteroatoms. The van der Waals surface area contributed by atoms with E-state index in [1.165, 1.54) is 6.07 Å². The summed E-state index contributed by atoms with van der Waals surface area (Å²) in [5.41, 5.74) is 3.17. The van der Waals surface area contributed by atoms with Gasteiger partial charge < -0.3 is 19.9 Å². The first-order chi connectivity index (χ1) is 15.9. The standard InChI is InChI=1S/C24H28FN7O/c1-4-26-17-7-9-30(10-8-17)21-6-5-19(22-27-16(3)13-32(21)22)24(33)29-18-11-20(25)23-28-15(2)12-31(23)14-18/h5-6,11-14,17,26H,4,7-10H2,1-3H3,(H,29,33). The molecule has 1 aliphatic rings. The minimum absolute atomic E-state index is 0.235. The Bertz CT molecular complexity index is 1330. The van der Waals surface area contributed by atoms with E-state index >= 15 is 0 Å². The molecule has 0 spiro atoms. The second kappa shape index (κ2) is 8.47. The van der Waals surface area contributed by atoms with Crippen LogP contribution in [0.4, 0.5) is 15.9 Å². The minimum Gasteiger partial charge on any atom is -0.358 e. The maximum Gasteiger partial charge on any atom is 0.259 e. The van der Waals surface area contributed by atoms with E-state index in [1.807, 2.05) is 23.6 Å². The molecule has 0 bridgehead atoms. The number of halogens is 1. The maximum atomic E-state index is 14.4. The van der Waals surface area contributed by atoms with Crippen LogP contribution in [0.15, 0.2) is 36.8 Å². The van der Waals surface area contributed by atoms with Crippen LogP contribution >= 0.6 is 0 Å². The first-order valence-electron chi connectivity index (χ1n) is 11.4. The number of hydrogen-bond donors (Lipinski definition) is 2. The Kier molecular flexibility index (Phi) is 5.49. The number of amides is 1. The molecule has 0 atom stereocenters. The van der Waals surface area contributed by atoms with Gasteiger partial charge >= 0.3 is 0 Å². The van der Waals surface area contributed by atoms with Gasteiger partial charge in [-0.05, 0) is 45.4 Å². The van der Waals surface area contributed by atoms with Crippen LogP contribution in [0.5, 0.6) is 0 Å². The molecule has 1 fully saturated rings. The van der Waals surface area contributed by atoms with Crippen LogP contribution < -0.4 is 15.5 Å². The van der Waals surface area contributed by atoms with Crippen molar-refractivity contribution in [3.05, 3.63) is 59.6 Å². The number of nitrogens with one attached hydrogen (secondary N) is 2. The molecule has 1 saturated heterocycles. The summed E-state index contributed by atoms with van der Waals surface area (Å²) in [6.07, 6.45) is 7.49. The van der Waals surface area contributed by atoms with E-state index < -0.39 is 5.82 Å². The zero-order valence-electron chi connectivity index (χ0n) is 19.1. The number of fused-ring (bicyclic) bond motifs is 2. The highest BCUT2D eigenvalue weighted by molar-refractivity contribution is 6.08. The van der Waals surface area contributed by atoms with Crippen molar-refractivity contribution in [2.45, 2.75) is 39.7 Å². The Hall–Kier alpha value is -3.46. The van der Waals surface area contributed by atoms with E-state index in [0.29, 0.717) is 28.6 Å². The highest BCUT2D eigenvalue weighted by Gasteiger charge is 2.23. The van der Waals surface area contributed by atoms with Crippen LogP contribution in [0, 0.1) is 19.7 Å². The molecule has 2 N–H and O–H groups in total. The summed E-state index contributed by atoms with van der Waals surface area (Å²) in [5, 5.41) is 6.35. The summed E-state index contributed by atoms with van der Waals surface area (Å²) in [7, 11) is 0. The lowest BCUT2D eigenvalue weighted by Gasteiger charge is -2.34. The topological polar surface area (TPSA) is 79.0 Å². The Morgan fingerprint density at radius 1 is 1.09 bits per heavy atom. The molecule has 0 aromatic carbocycles. The van der Waals surface area contributed by atoms with Crippen LogP contribution in [0.2, 0.25) is 0 Å². The average molecular weight is 450 g/mol. The number of aromatic nitrogens is 4. The molecule has 1 aliphatic heterocycles. The molecule has 172 valence electrons. The molecule has 5 heterocycles. The summed E-state index contributed by atoms with van der Waals surface area (Å²) in [5.74, 6) is 0.205. The molecular weight excluding hydrogens is 421 g/mol. The number of nitrogens with zero attached hydrogens (tertiary/aromatic N) is 5. The van der Waals surface area contributed by atoms with Gasteiger partial charge in [-0.1, -0.05) is 6.92 Å². The van der Waals surface area contributed by atoms with Crippen molar-refractivity contribution < 1.29 is 9.18 Å². The van der Waals surface area contributed by atoms with Gasteiger partial charge in [-0.25, -0.2) is 14.4 Å². The second-order valence-electron chi connectivity index (χ2n) is 8.64. The fourth-order valence-corrected chi connectivity index (χ4v) is 4.66. The highest BCUT2D eigenvalue weighted by Crippen LogP contribution is 2.25. The molecule has 33 heavy (non-hydrogen) atoms. The number of rotatable bonds is 5. The van der Waals surface area contributed by atoms with Gasteiger partial charge in [0.2, 0.25) is 0 Å². The Balaban J connectivity index is 1.43. The third kappa shape index (κ3) is 4.04. The van der Waals surface area contributed by atoms with Crippen molar-refractivity contribution in [3.8, 4) is 0 Å². The van der Waals surface area contributed by atoms with Crippen molar-refractivity contribution in [1.82, 2.24) is 24.1 Å². The van der Waals surface area contributed by atoms with Crippen molar-refractivity contribution in [2.24, 2.45) is 0 Å². The fourth-order valence-electron chi connectivity index (χ4n) is 4.66. The van der Waals surface area contributed by atoms with Crippen molar-refractivity contribution in [1.29, 1.82) is 0 Å². The number of piperidine rings is 1. The number of anilines is 2. The first-order valence-corrected chi connectivity index (χ1v) is 11.4. The van der Waals surface area contributed by atoms with E-state index in [2.05, 4.69) is 32.4 Å². The number of carbonyl (C=O) groups excluding carboxylic acids is 1. The fraction of sp³-hybridized carbons (Fsp3) is 0.375. The summed E-state index contributed by atoms with van der Waals surface area (Å²) in [6.45, 7) is 8.72. The summed E-state index contributed by atoms with van der Waals surface area (Å²) in [6, 6.07) is 5.61. The molecule has 0 radical (unpaired) electrons. The monoisotopic (exact) mass is 449 g/mol. The summed E-state index contributed by atoms with van der Waals surface area (Å²) < 4.78 is 18.0. The predicted molar refractivity (Wildman–Crippen MR) is 127 cm³/mol. The van der Waals surface area contributed by atoms with Crippen molar-refractivity contribution >= 4 is 28.7 Å². The number of aryl methyl sites for hydroxylation is 2. The number of hydrogen-bond acceptors (Lipinski definition) is 5. The van der Waals surface area contributed by atoms with Gasteiger partial charge in [0.1, 0.15) is 5.82 Å². The molecular formula is C24H28FN7O. The normalized spacial score (nSPS) is 15.0. The zero-order chi connectivity index (χ0) is 23.1. The highest BCUT2D eigenvalue weighted by atomic mass is 19.1. The summed E-state index contributed by atoms with van der Waals surface area (Å²) >= 11 is 0. The van der Waals surface area contributed by atoms with Gasteiger partial charge in [0.25, 0.3) is 5.91 Å². The van der Waals surface area contributed by atoms with E-state index in [0.717, 1.165) is 44.0 Å². The maximum absolute atomic E-state index is 14.4. The lowest BCUT2D eigenvalue weighted by Crippen LogP contribution is -2.43. The molecule has 5 rings (SSSR count). The quantitative estimate of drug-likeness (QED) is 0.487. The Labute approximate surface area is 191 Å². The van der Waals surface area contributed by atoms with Gasteiger partial charge in [-0.2, -0.15) is 0 Å². The molecule has 0 unspecified atom stereocenters. The predicted octanol–water partition coefficient (Wildman–Crippen LogP) is 3.57. The molecule has 8 nitrogen and oxygen atoms in total. The second-order valence-corrected chi connectivity index (χ2v) is 8.64. The largest absolute Gasteiger partial charge is 0.358 e. The SMILES string of the molecule is CCNC1CCN(c2ccc(C(=O)Nc3cc(F)c4nc(C)cn4c3)c3nc(C)cn23)CC1. The van der Waals surface area contributed by atoms with Gasteiger partial charge in [0.15, 0.2) is 17.1 Å².